The van der Waals surface area contributed by atoms with Crippen molar-refractivity contribution in [3.05, 3.63) is 29.3 Å². The topological polar surface area (TPSA) is 57.7 Å². The van der Waals surface area contributed by atoms with E-state index in [1.807, 2.05) is 24.8 Å². The van der Waals surface area contributed by atoms with E-state index in [0.29, 0.717) is 43.4 Å². The Morgan fingerprint density at radius 1 is 1.04 bits per heavy atom. The number of benzene rings is 1. The highest BCUT2D eigenvalue weighted by Gasteiger charge is 2.30. The van der Waals surface area contributed by atoms with Gasteiger partial charge in [0.2, 0.25) is 15.9 Å². The molecule has 1 heterocycles. The molecule has 1 aromatic carbocycles. The minimum atomic E-state index is -3.48. The Labute approximate surface area is 157 Å². The van der Waals surface area contributed by atoms with Crippen molar-refractivity contribution >= 4 is 15.9 Å². The molecule has 26 heavy (non-hydrogen) atoms. The average molecular weight is 379 g/mol. The SMILES string of the molecule is Cc1ccc(S(=O)(=O)N2CCN(C(=O)CCC3CCCC3)CC2)cc1C. The molecule has 2 fully saturated rings. The summed E-state index contributed by atoms with van der Waals surface area (Å²) in [6, 6.07) is 5.27. The first-order chi connectivity index (χ1) is 12.4. The summed E-state index contributed by atoms with van der Waals surface area (Å²) in [4.78, 5) is 14.6. The molecule has 6 heteroatoms. The molecule has 1 aliphatic carbocycles. The second-order valence-corrected chi connectivity index (χ2v) is 9.66. The fourth-order valence-corrected chi connectivity index (χ4v) is 5.49. The van der Waals surface area contributed by atoms with E-state index in [0.717, 1.165) is 17.5 Å². The normalized spacial score (nSPS) is 19.8. The maximum Gasteiger partial charge on any atom is 0.243 e. The maximum absolute atomic E-state index is 12.8. The summed E-state index contributed by atoms with van der Waals surface area (Å²) < 4.78 is 27.2. The zero-order valence-electron chi connectivity index (χ0n) is 15.9. The van der Waals surface area contributed by atoms with Crippen molar-refractivity contribution in [2.45, 2.75) is 57.3 Å². The number of rotatable bonds is 5. The number of carbonyl (C=O) groups excluding carboxylic acids is 1. The Bertz CT molecular complexity index is 746. The van der Waals surface area contributed by atoms with Crippen molar-refractivity contribution in [3.63, 3.8) is 0 Å². The summed E-state index contributed by atoms with van der Waals surface area (Å²) in [5.41, 5.74) is 2.06. The molecule has 1 aliphatic heterocycles. The molecule has 0 unspecified atom stereocenters. The predicted octanol–water partition coefficient (Wildman–Crippen LogP) is 3.11. The molecule has 2 aliphatic rings. The lowest BCUT2D eigenvalue weighted by atomic mass is 10.0. The van der Waals surface area contributed by atoms with Crippen LogP contribution in [0.1, 0.15) is 49.7 Å². The Morgan fingerprint density at radius 2 is 1.69 bits per heavy atom. The molecule has 1 amide bonds. The highest BCUT2D eigenvalue weighted by atomic mass is 32.2. The lowest BCUT2D eigenvalue weighted by molar-refractivity contribution is -0.132. The third-order valence-electron chi connectivity index (χ3n) is 5.95. The second-order valence-electron chi connectivity index (χ2n) is 7.72. The van der Waals surface area contributed by atoms with Crippen molar-refractivity contribution < 1.29 is 13.2 Å². The van der Waals surface area contributed by atoms with Crippen LogP contribution < -0.4 is 0 Å². The van der Waals surface area contributed by atoms with Crippen molar-refractivity contribution in [1.29, 1.82) is 0 Å². The Kier molecular flexibility index (Phi) is 6.03. The van der Waals surface area contributed by atoms with E-state index in [1.165, 1.54) is 30.0 Å². The fourth-order valence-electron chi connectivity index (χ4n) is 3.99. The van der Waals surface area contributed by atoms with Crippen LogP contribution in [0, 0.1) is 19.8 Å². The summed E-state index contributed by atoms with van der Waals surface area (Å²) in [6.07, 6.45) is 6.71. The molecule has 0 radical (unpaired) electrons. The number of nitrogens with zero attached hydrogens (tertiary/aromatic N) is 2. The van der Waals surface area contributed by atoms with Crippen molar-refractivity contribution in [2.24, 2.45) is 5.92 Å². The van der Waals surface area contributed by atoms with Crippen LogP contribution in [0.5, 0.6) is 0 Å². The van der Waals surface area contributed by atoms with Gasteiger partial charge in [-0.15, -0.1) is 0 Å². The number of carbonyl (C=O) groups is 1. The summed E-state index contributed by atoms with van der Waals surface area (Å²) in [7, 11) is -3.48. The van der Waals surface area contributed by atoms with Crippen LogP contribution in [0.4, 0.5) is 0 Å². The van der Waals surface area contributed by atoms with Crippen LogP contribution in [0.3, 0.4) is 0 Å². The Morgan fingerprint density at radius 3 is 2.31 bits per heavy atom. The van der Waals surface area contributed by atoms with Gasteiger partial charge in [0.1, 0.15) is 0 Å². The van der Waals surface area contributed by atoms with Gasteiger partial charge >= 0.3 is 0 Å². The number of amides is 1. The van der Waals surface area contributed by atoms with E-state index in [1.54, 1.807) is 12.1 Å². The van der Waals surface area contributed by atoms with Crippen LogP contribution in [0.25, 0.3) is 0 Å². The number of hydrogen-bond acceptors (Lipinski definition) is 3. The van der Waals surface area contributed by atoms with E-state index in [9.17, 15) is 13.2 Å². The van der Waals surface area contributed by atoms with Crippen molar-refractivity contribution in [2.75, 3.05) is 26.2 Å². The molecule has 144 valence electrons. The maximum atomic E-state index is 12.8. The van der Waals surface area contributed by atoms with Gasteiger partial charge in [-0.3, -0.25) is 4.79 Å². The number of piperazine rings is 1. The van der Waals surface area contributed by atoms with Gasteiger partial charge in [0.15, 0.2) is 0 Å². The summed E-state index contributed by atoms with van der Waals surface area (Å²) >= 11 is 0. The van der Waals surface area contributed by atoms with Crippen LogP contribution >= 0.6 is 0 Å². The van der Waals surface area contributed by atoms with Gasteiger partial charge in [0, 0.05) is 32.6 Å². The molecule has 0 aromatic heterocycles. The van der Waals surface area contributed by atoms with E-state index >= 15 is 0 Å². The summed E-state index contributed by atoms with van der Waals surface area (Å²) in [5.74, 6) is 0.894. The van der Waals surface area contributed by atoms with E-state index in [2.05, 4.69) is 0 Å². The van der Waals surface area contributed by atoms with E-state index in [4.69, 9.17) is 0 Å². The van der Waals surface area contributed by atoms with Crippen LogP contribution in [-0.2, 0) is 14.8 Å². The molecule has 5 nitrogen and oxygen atoms in total. The Balaban J connectivity index is 1.55. The molecular weight excluding hydrogens is 348 g/mol. The minimum absolute atomic E-state index is 0.181. The highest BCUT2D eigenvalue weighted by molar-refractivity contribution is 7.89. The first-order valence-electron chi connectivity index (χ1n) is 9.73. The largest absolute Gasteiger partial charge is 0.340 e. The quantitative estimate of drug-likeness (QED) is 0.791. The molecule has 1 saturated carbocycles. The van der Waals surface area contributed by atoms with Gasteiger partial charge in [-0.2, -0.15) is 4.31 Å². The van der Waals surface area contributed by atoms with E-state index in [-0.39, 0.29) is 5.91 Å². The lowest BCUT2D eigenvalue weighted by Gasteiger charge is -2.34. The average Bonchev–Trinajstić information content (AvgIpc) is 3.15. The first-order valence-corrected chi connectivity index (χ1v) is 11.2. The number of sulfonamides is 1. The van der Waals surface area contributed by atoms with Crippen LogP contribution in [0.2, 0.25) is 0 Å². The fraction of sp³-hybridized carbons (Fsp3) is 0.650. The Hall–Kier alpha value is -1.40. The molecule has 1 aromatic rings. The number of aryl methyl sites for hydroxylation is 2. The molecule has 3 rings (SSSR count). The zero-order chi connectivity index (χ0) is 18.7. The number of hydrogen-bond donors (Lipinski definition) is 0. The van der Waals surface area contributed by atoms with Crippen molar-refractivity contribution in [1.82, 2.24) is 9.21 Å². The van der Waals surface area contributed by atoms with Crippen molar-refractivity contribution in [3.8, 4) is 0 Å². The molecular formula is C20H30N2O3S. The van der Waals surface area contributed by atoms with Gasteiger partial charge in [0.25, 0.3) is 0 Å². The predicted molar refractivity (Wildman–Crippen MR) is 102 cm³/mol. The second kappa shape index (κ2) is 8.09. The standard InChI is InChI=1S/C20H30N2O3S/c1-16-7-9-19(15-17(16)2)26(24,25)22-13-11-21(12-14-22)20(23)10-8-18-5-3-4-6-18/h7,9,15,18H,3-6,8,10-14H2,1-2H3. The van der Waals surface area contributed by atoms with Crippen LogP contribution in [-0.4, -0.2) is 49.7 Å². The highest BCUT2D eigenvalue weighted by Crippen LogP contribution is 2.29. The molecule has 0 N–H and O–H groups in total. The van der Waals surface area contributed by atoms with Gasteiger partial charge in [-0.05, 0) is 49.4 Å². The third-order valence-corrected chi connectivity index (χ3v) is 7.84. The smallest absolute Gasteiger partial charge is 0.243 e. The lowest BCUT2D eigenvalue weighted by Crippen LogP contribution is -2.50. The minimum Gasteiger partial charge on any atom is -0.340 e. The van der Waals surface area contributed by atoms with Gasteiger partial charge in [0.05, 0.1) is 4.90 Å². The van der Waals surface area contributed by atoms with E-state index < -0.39 is 10.0 Å². The van der Waals surface area contributed by atoms with Gasteiger partial charge in [-0.1, -0.05) is 31.7 Å². The molecule has 0 spiro atoms. The molecule has 0 atom stereocenters. The van der Waals surface area contributed by atoms with Gasteiger partial charge < -0.3 is 4.90 Å². The van der Waals surface area contributed by atoms with Gasteiger partial charge in [-0.25, -0.2) is 8.42 Å². The zero-order valence-corrected chi connectivity index (χ0v) is 16.7. The third kappa shape index (κ3) is 4.29. The first kappa shape index (κ1) is 19.4. The van der Waals surface area contributed by atoms with Crippen LogP contribution in [0.15, 0.2) is 23.1 Å². The molecule has 0 bridgehead atoms. The monoisotopic (exact) mass is 378 g/mol. The summed E-state index contributed by atoms with van der Waals surface area (Å²) in [5, 5.41) is 0. The summed E-state index contributed by atoms with van der Waals surface area (Å²) in [6.45, 7) is 5.65. The molecule has 1 saturated heterocycles.